The SMILES string of the molecule is Cc1ccc(C)n1NC(=O)CCCNC(C)C. The maximum absolute atomic E-state index is 11.7. The van der Waals surface area contributed by atoms with Gasteiger partial charge >= 0.3 is 0 Å². The number of nitrogens with zero attached hydrogens (tertiary/aromatic N) is 1. The Labute approximate surface area is 103 Å². The zero-order chi connectivity index (χ0) is 12.8. The molecule has 17 heavy (non-hydrogen) atoms. The summed E-state index contributed by atoms with van der Waals surface area (Å²) in [5.41, 5.74) is 5.00. The van der Waals surface area contributed by atoms with Crippen molar-refractivity contribution in [3.63, 3.8) is 0 Å². The molecule has 0 atom stereocenters. The van der Waals surface area contributed by atoms with E-state index in [1.54, 1.807) is 0 Å². The summed E-state index contributed by atoms with van der Waals surface area (Å²) in [7, 11) is 0. The van der Waals surface area contributed by atoms with E-state index in [0.29, 0.717) is 12.5 Å². The van der Waals surface area contributed by atoms with Crippen LogP contribution < -0.4 is 10.7 Å². The predicted molar refractivity (Wildman–Crippen MR) is 70.6 cm³/mol. The molecule has 1 aromatic heterocycles. The fourth-order valence-corrected chi connectivity index (χ4v) is 1.67. The zero-order valence-corrected chi connectivity index (χ0v) is 11.2. The fraction of sp³-hybridized carbons (Fsp3) is 0.615. The maximum atomic E-state index is 11.7. The Morgan fingerprint density at radius 3 is 2.41 bits per heavy atom. The summed E-state index contributed by atoms with van der Waals surface area (Å²) in [5.74, 6) is 0.0676. The molecule has 0 aromatic carbocycles. The first-order valence-corrected chi connectivity index (χ1v) is 6.19. The highest BCUT2D eigenvalue weighted by Crippen LogP contribution is 2.04. The fourth-order valence-electron chi connectivity index (χ4n) is 1.67. The van der Waals surface area contributed by atoms with Crippen molar-refractivity contribution in [3.05, 3.63) is 23.5 Å². The van der Waals surface area contributed by atoms with Crippen LogP contribution in [0.5, 0.6) is 0 Å². The third kappa shape index (κ3) is 4.61. The number of rotatable bonds is 6. The highest BCUT2D eigenvalue weighted by molar-refractivity contribution is 5.83. The highest BCUT2D eigenvalue weighted by Gasteiger charge is 2.05. The van der Waals surface area contributed by atoms with Gasteiger partial charge in [-0.25, -0.2) is 0 Å². The summed E-state index contributed by atoms with van der Waals surface area (Å²) in [5, 5.41) is 3.30. The minimum absolute atomic E-state index is 0.0676. The van der Waals surface area contributed by atoms with Crippen molar-refractivity contribution in [1.29, 1.82) is 0 Å². The van der Waals surface area contributed by atoms with E-state index < -0.39 is 0 Å². The lowest BCUT2D eigenvalue weighted by Gasteiger charge is -2.11. The van der Waals surface area contributed by atoms with Gasteiger partial charge in [0.15, 0.2) is 0 Å². The third-order valence-corrected chi connectivity index (χ3v) is 2.64. The van der Waals surface area contributed by atoms with E-state index in [1.165, 1.54) is 0 Å². The summed E-state index contributed by atoms with van der Waals surface area (Å²) >= 11 is 0. The van der Waals surface area contributed by atoms with Crippen LogP contribution in [0, 0.1) is 13.8 Å². The van der Waals surface area contributed by atoms with Gasteiger partial charge in [-0.15, -0.1) is 0 Å². The van der Waals surface area contributed by atoms with Crippen molar-refractivity contribution in [1.82, 2.24) is 9.99 Å². The van der Waals surface area contributed by atoms with Gasteiger partial charge in [-0.1, -0.05) is 13.8 Å². The predicted octanol–water partition coefficient (Wildman–Crippen LogP) is 1.95. The minimum Gasteiger partial charge on any atom is -0.315 e. The van der Waals surface area contributed by atoms with Crippen LogP contribution >= 0.6 is 0 Å². The molecule has 96 valence electrons. The molecule has 0 bridgehead atoms. The molecule has 0 saturated carbocycles. The Hall–Kier alpha value is -1.29. The largest absolute Gasteiger partial charge is 0.315 e. The van der Waals surface area contributed by atoms with Crippen molar-refractivity contribution >= 4 is 5.91 Å². The van der Waals surface area contributed by atoms with Crippen molar-refractivity contribution in [3.8, 4) is 0 Å². The minimum atomic E-state index is 0.0676. The van der Waals surface area contributed by atoms with Gasteiger partial charge in [0, 0.05) is 23.9 Å². The molecule has 0 unspecified atom stereocenters. The molecule has 0 spiro atoms. The van der Waals surface area contributed by atoms with E-state index in [-0.39, 0.29) is 5.91 Å². The van der Waals surface area contributed by atoms with Crippen molar-refractivity contribution < 1.29 is 4.79 Å². The van der Waals surface area contributed by atoms with E-state index in [0.717, 1.165) is 24.4 Å². The molecular weight excluding hydrogens is 214 g/mol. The first kappa shape index (κ1) is 13.8. The second-order valence-corrected chi connectivity index (χ2v) is 4.70. The first-order chi connectivity index (χ1) is 8.00. The van der Waals surface area contributed by atoms with Gasteiger partial charge in [-0.3, -0.25) is 14.9 Å². The number of hydrogen-bond donors (Lipinski definition) is 2. The molecule has 0 aliphatic heterocycles. The molecule has 0 aliphatic rings. The smallest absolute Gasteiger partial charge is 0.238 e. The van der Waals surface area contributed by atoms with Crippen molar-refractivity contribution in [2.24, 2.45) is 0 Å². The van der Waals surface area contributed by atoms with E-state index in [4.69, 9.17) is 0 Å². The Bertz CT molecular complexity index is 349. The number of aryl methyl sites for hydroxylation is 2. The molecule has 4 heteroatoms. The lowest BCUT2D eigenvalue weighted by Crippen LogP contribution is -2.27. The highest BCUT2D eigenvalue weighted by atomic mass is 16.2. The van der Waals surface area contributed by atoms with Crippen LogP contribution in [0.2, 0.25) is 0 Å². The standard InChI is InChI=1S/C13H23N3O/c1-10(2)14-9-5-6-13(17)15-16-11(3)7-8-12(16)4/h7-8,10,14H,5-6,9H2,1-4H3,(H,15,17). The summed E-state index contributed by atoms with van der Waals surface area (Å²) in [4.78, 5) is 11.7. The molecule has 2 N–H and O–H groups in total. The molecule has 0 radical (unpaired) electrons. The van der Waals surface area contributed by atoms with Gasteiger partial charge in [-0.2, -0.15) is 0 Å². The van der Waals surface area contributed by atoms with Crippen LogP contribution in [0.1, 0.15) is 38.1 Å². The van der Waals surface area contributed by atoms with Gasteiger partial charge in [-0.05, 0) is 38.9 Å². The van der Waals surface area contributed by atoms with Crippen molar-refractivity contribution in [2.45, 2.75) is 46.6 Å². The monoisotopic (exact) mass is 237 g/mol. The summed E-state index contributed by atoms with van der Waals surface area (Å²) in [6.45, 7) is 9.05. The topological polar surface area (TPSA) is 46.1 Å². The van der Waals surface area contributed by atoms with E-state index in [9.17, 15) is 4.79 Å². The summed E-state index contributed by atoms with van der Waals surface area (Å²) < 4.78 is 1.83. The average Bonchev–Trinajstić information content (AvgIpc) is 2.56. The summed E-state index contributed by atoms with van der Waals surface area (Å²) in [6, 6.07) is 4.47. The van der Waals surface area contributed by atoms with Gasteiger partial charge in [0.25, 0.3) is 0 Å². The molecule has 1 amide bonds. The summed E-state index contributed by atoms with van der Waals surface area (Å²) in [6.07, 6.45) is 1.42. The van der Waals surface area contributed by atoms with Gasteiger partial charge < -0.3 is 5.32 Å². The lowest BCUT2D eigenvalue weighted by atomic mass is 10.3. The Morgan fingerprint density at radius 1 is 1.29 bits per heavy atom. The molecule has 0 aliphatic carbocycles. The van der Waals surface area contributed by atoms with E-state index in [2.05, 4.69) is 24.6 Å². The van der Waals surface area contributed by atoms with E-state index in [1.807, 2.05) is 30.7 Å². The second kappa shape index (κ2) is 6.45. The Morgan fingerprint density at radius 2 is 1.88 bits per heavy atom. The molecule has 1 rings (SSSR count). The van der Waals surface area contributed by atoms with Gasteiger partial charge in [0.05, 0.1) is 0 Å². The molecule has 1 heterocycles. The number of carbonyl (C=O) groups is 1. The van der Waals surface area contributed by atoms with Gasteiger partial charge in [0.2, 0.25) is 5.91 Å². The Kier molecular flexibility index (Phi) is 5.22. The zero-order valence-electron chi connectivity index (χ0n) is 11.2. The molecule has 0 fully saturated rings. The van der Waals surface area contributed by atoms with Crippen molar-refractivity contribution in [2.75, 3.05) is 12.0 Å². The number of nitrogens with one attached hydrogen (secondary N) is 2. The molecular formula is C13H23N3O. The van der Waals surface area contributed by atoms with Crippen LogP contribution in [0.15, 0.2) is 12.1 Å². The van der Waals surface area contributed by atoms with Crippen LogP contribution in [0.25, 0.3) is 0 Å². The molecule has 0 saturated heterocycles. The molecule has 4 nitrogen and oxygen atoms in total. The molecule has 1 aromatic rings. The third-order valence-electron chi connectivity index (χ3n) is 2.64. The Balaban J connectivity index is 2.30. The maximum Gasteiger partial charge on any atom is 0.238 e. The van der Waals surface area contributed by atoms with E-state index >= 15 is 0 Å². The lowest BCUT2D eigenvalue weighted by molar-refractivity contribution is -0.117. The van der Waals surface area contributed by atoms with Crippen LogP contribution in [-0.2, 0) is 4.79 Å². The first-order valence-electron chi connectivity index (χ1n) is 6.19. The average molecular weight is 237 g/mol. The number of hydrogen-bond acceptors (Lipinski definition) is 2. The van der Waals surface area contributed by atoms with Crippen LogP contribution in [0.4, 0.5) is 0 Å². The van der Waals surface area contributed by atoms with Gasteiger partial charge in [0.1, 0.15) is 0 Å². The second-order valence-electron chi connectivity index (χ2n) is 4.70. The quantitative estimate of drug-likeness (QED) is 0.743. The number of aromatic nitrogens is 1. The van der Waals surface area contributed by atoms with Crippen LogP contribution in [-0.4, -0.2) is 23.2 Å². The normalized spacial score (nSPS) is 10.9. The van der Waals surface area contributed by atoms with Crippen LogP contribution in [0.3, 0.4) is 0 Å². The number of carbonyl (C=O) groups excluding carboxylic acids is 1. The number of amides is 1.